The smallest absolute Gasteiger partial charge is 0.305 e. The van der Waals surface area contributed by atoms with Crippen LogP contribution in [-0.2, 0) is 4.79 Å². The van der Waals surface area contributed by atoms with Gasteiger partial charge in [-0.1, -0.05) is 6.92 Å². The molecule has 0 saturated heterocycles. The molecule has 7 nitrogen and oxygen atoms in total. The van der Waals surface area contributed by atoms with E-state index in [2.05, 4.69) is 5.32 Å². The van der Waals surface area contributed by atoms with Crippen molar-refractivity contribution in [1.29, 1.82) is 5.26 Å². The lowest BCUT2D eigenvalue weighted by molar-refractivity contribution is -0.384. The van der Waals surface area contributed by atoms with Crippen molar-refractivity contribution in [2.45, 2.75) is 25.8 Å². The van der Waals surface area contributed by atoms with E-state index in [1.807, 2.05) is 6.07 Å². The lowest BCUT2D eigenvalue weighted by atomic mass is 10.1. The number of nitro groups is 1. The van der Waals surface area contributed by atoms with Crippen LogP contribution in [-0.4, -0.2) is 22.0 Å². The van der Waals surface area contributed by atoms with Gasteiger partial charge in [0.15, 0.2) is 0 Å². The highest BCUT2D eigenvalue weighted by Crippen LogP contribution is 2.26. The first-order valence-corrected chi connectivity index (χ1v) is 5.64. The Bertz CT molecular complexity index is 536. The van der Waals surface area contributed by atoms with Crippen LogP contribution in [0.1, 0.15) is 25.3 Å². The SMILES string of the molecule is CCC(CC(=O)O)Nc1cc(C#N)ccc1[N+](=O)[O-]. The molecular weight excluding hydrogens is 250 g/mol. The van der Waals surface area contributed by atoms with Crippen molar-refractivity contribution < 1.29 is 14.8 Å². The maximum atomic E-state index is 10.9. The molecule has 7 heteroatoms. The molecule has 0 heterocycles. The van der Waals surface area contributed by atoms with E-state index in [4.69, 9.17) is 10.4 Å². The fourth-order valence-corrected chi connectivity index (χ4v) is 1.61. The van der Waals surface area contributed by atoms with Crippen molar-refractivity contribution in [3.8, 4) is 6.07 Å². The Morgan fingerprint density at radius 1 is 1.63 bits per heavy atom. The summed E-state index contributed by atoms with van der Waals surface area (Å²) in [7, 11) is 0. The van der Waals surface area contributed by atoms with Crippen LogP contribution in [0.2, 0.25) is 0 Å². The number of hydrogen-bond acceptors (Lipinski definition) is 5. The summed E-state index contributed by atoms with van der Waals surface area (Å²) in [4.78, 5) is 21.0. The number of benzene rings is 1. The number of nitriles is 1. The number of carbonyl (C=O) groups is 1. The van der Waals surface area contributed by atoms with Gasteiger partial charge in [0.2, 0.25) is 0 Å². The molecule has 0 radical (unpaired) electrons. The summed E-state index contributed by atoms with van der Waals surface area (Å²) in [5, 5.41) is 31.2. The molecular formula is C12H13N3O4. The average Bonchev–Trinajstić information content (AvgIpc) is 2.36. The van der Waals surface area contributed by atoms with Crippen LogP contribution in [0.5, 0.6) is 0 Å². The van der Waals surface area contributed by atoms with Gasteiger partial charge in [-0.2, -0.15) is 5.26 Å². The highest BCUT2D eigenvalue weighted by atomic mass is 16.6. The number of carboxylic acid groups (broad SMARTS) is 1. The fraction of sp³-hybridized carbons (Fsp3) is 0.333. The van der Waals surface area contributed by atoms with Crippen LogP contribution in [0.15, 0.2) is 18.2 Å². The molecule has 0 spiro atoms. The Morgan fingerprint density at radius 3 is 2.79 bits per heavy atom. The monoisotopic (exact) mass is 263 g/mol. The Balaban J connectivity index is 3.06. The van der Waals surface area contributed by atoms with Crippen LogP contribution < -0.4 is 5.32 Å². The molecule has 1 aromatic carbocycles. The number of nitrogens with zero attached hydrogens (tertiary/aromatic N) is 2. The number of anilines is 1. The number of rotatable bonds is 6. The highest BCUT2D eigenvalue weighted by molar-refractivity contribution is 5.70. The molecule has 1 atom stereocenters. The lowest BCUT2D eigenvalue weighted by Crippen LogP contribution is -2.22. The van der Waals surface area contributed by atoms with Gasteiger partial charge >= 0.3 is 5.97 Å². The van der Waals surface area contributed by atoms with E-state index in [0.717, 1.165) is 0 Å². The minimum Gasteiger partial charge on any atom is -0.481 e. The predicted octanol–water partition coefficient (Wildman–Crippen LogP) is 2.13. The second-order valence-corrected chi connectivity index (χ2v) is 3.95. The minimum absolute atomic E-state index is 0.148. The van der Waals surface area contributed by atoms with Crippen molar-refractivity contribution in [2.24, 2.45) is 0 Å². The van der Waals surface area contributed by atoms with E-state index in [-0.39, 0.29) is 23.4 Å². The van der Waals surface area contributed by atoms with Crippen LogP contribution in [0.4, 0.5) is 11.4 Å². The first-order valence-electron chi connectivity index (χ1n) is 5.64. The molecule has 19 heavy (non-hydrogen) atoms. The number of nitro benzene ring substituents is 1. The quantitative estimate of drug-likeness (QED) is 0.599. The molecule has 0 bridgehead atoms. The van der Waals surface area contributed by atoms with Crippen LogP contribution in [0.25, 0.3) is 0 Å². The van der Waals surface area contributed by atoms with Crippen molar-refractivity contribution in [1.82, 2.24) is 0 Å². The van der Waals surface area contributed by atoms with Gasteiger partial charge in [0.25, 0.3) is 5.69 Å². The molecule has 1 unspecified atom stereocenters. The summed E-state index contributed by atoms with van der Waals surface area (Å²) in [6, 6.07) is 5.39. The molecule has 0 aromatic heterocycles. The van der Waals surface area contributed by atoms with E-state index in [0.29, 0.717) is 6.42 Å². The van der Waals surface area contributed by atoms with E-state index in [1.165, 1.54) is 18.2 Å². The van der Waals surface area contributed by atoms with Crippen LogP contribution in [0.3, 0.4) is 0 Å². The molecule has 100 valence electrons. The van der Waals surface area contributed by atoms with Crippen LogP contribution in [0, 0.1) is 21.4 Å². The summed E-state index contributed by atoms with van der Waals surface area (Å²) in [5.74, 6) is -0.988. The van der Waals surface area contributed by atoms with E-state index in [1.54, 1.807) is 6.92 Å². The number of carboxylic acids is 1. The van der Waals surface area contributed by atoms with Gasteiger partial charge in [-0.15, -0.1) is 0 Å². The van der Waals surface area contributed by atoms with E-state index < -0.39 is 16.9 Å². The van der Waals surface area contributed by atoms with Gasteiger partial charge in [-0.25, -0.2) is 0 Å². The van der Waals surface area contributed by atoms with Gasteiger partial charge in [-0.3, -0.25) is 14.9 Å². The van der Waals surface area contributed by atoms with Gasteiger partial charge in [-0.05, 0) is 18.6 Å². The maximum Gasteiger partial charge on any atom is 0.305 e. The third-order valence-corrected chi connectivity index (χ3v) is 2.60. The van der Waals surface area contributed by atoms with Gasteiger partial charge < -0.3 is 10.4 Å². The minimum atomic E-state index is -0.988. The highest BCUT2D eigenvalue weighted by Gasteiger charge is 2.18. The zero-order chi connectivity index (χ0) is 14.4. The number of hydrogen-bond donors (Lipinski definition) is 2. The molecule has 2 N–H and O–H groups in total. The van der Waals surface area contributed by atoms with Gasteiger partial charge in [0.05, 0.1) is 23.0 Å². The van der Waals surface area contributed by atoms with Crippen molar-refractivity contribution in [2.75, 3.05) is 5.32 Å². The average molecular weight is 263 g/mol. The Morgan fingerprint density at radius 2 is 2.32 bits per heavy atom. The first-order chi connectivity index (χ1) is 8.97. The van der Waals surface area contributed by atoms with Gasteiger partial charge in [0.1, 0.15) is 5.69 Å². The Kier molecular flexibility index (Phi) is 4.83. The summed E-state index contributed by atoms with van der Waals surface area (Å²) in [6.45, 7) is 1.78. The standard InChI is InChI=1S/C12H13N3O4/c1-2-9(6-12(16)17)14-10-5-8(7-13)3-4-11(10)15(18)19/h3-5,9,14H,2,6H2,1H3,(H,16,17). The molecule has 0 aliphatic heterocycles. The lowest BCUT2D eigenvalue weighted by Gasteiger charge is -2.16. The van der Waals surface area contributed by atoms with Crippen molar-refractivity contribution in [3.63, 3.8) is 0 Å². The second-order valence-electron chi connectivity index (χ2n) is 3.95. The molecule has 0 saturated carbocycles. The molecule has 0 aliphatic rings. The first kappa shape index (κ1) is 14.4. The Labute approximate surface area is 109 Å². The zero-order valence-electron chi connectivity index (χ0n) is 10.3. The Hall–Kier alpha value is -2.62. The number of aliphatic carboxylic acids is 1. The number of nitrogens with one attached hydrogen (secondary N) is 1. The molecule has 1 aromatic rings. The third kappa shape index (κ3) is 3.96. The largest absolute Gasteiger partial charge is 0.481 e. The fourth-order valence-electron chi connectivity index (χ4n) is 1.61. The predicted molar refractivity (Wildman–Crippen MR) is 67.8 cm³/mol. The van der Waals surface area contributed by atoms with Crippen LogP contribution >= 0.6 is 0 Å². The summed E-state index contributed by atoms with van der Waals surface area (Å²) >= 11 is 0. The molecule has 0 aliphatic carbocycles. The normalized spacial score (nSPS) is 11.4. The van der Waals surface area contributed by atoms with E-state index in [9.17, 15) is 14.9 Å². The topological polar surface area (TPSA) is 116 Å². The molecule has 0 fully saturated rings. The third-order valence-electron chi connectivity index (χ3n) is 2.60. The molecule has 1 rings (SSSR count). The second kappa shape index (κ2) is 6.35. The van der Waals surface area contributed by atoms with Gasteiger partial charge in [0, 0.05) is 12.1 Å². The maximum absolute atomic E-state index is 10.9. The molecule has 0 amide bonds. The zero-order valence-corrected chi connectivity index (χ0v) is 10.3. The summed E-state index contributed by atoms with van der Waals surface area (Å²) < 4.78 is 0. The summed E-state index contributed by atoms with van der Waals surface area (Å²) in [6.07, 6.45) is 0.352. The van der Waals surface area contributed by atoms with Crippen molar-refractivity contribution >= 4 is 17.3 Å². The van der Waals surface area contributed by atoms with E-state index >= 15 is 0 Å². The summed E-state index contributed by atoms with van der Waals surface area (Å²) in [5.41, 5.74) is 0.262. The van der Waals surface area contributed by atoms with Crippen molar-refractivity contribution in [3.05, 3.63) is 33.9 Å².